The summed E-state index contributed by atoms with van der Waals surface area (Å²) in [6.45, 7) is 1.29. The van der Waals surface area contributed by atoms with Crippen LogP contribution in [0.2, 0.25) is 0 Å². The quantitative estimate of drug-likeness (QED) is 0.855. The number of rotatable bonds is 6. The van der Waals surface area contributed by atoms with Gasteiger partial charge in [-0.2, -0.15) is 0 Å². The molecular formula is C22H27N3O2. The molecule has 3 rings (SSSR count). The largest absolute Gasteiger partial charge is 0.350 e. The summed E-state index contributed by atoms with van der Waals surface area (Å²) in [6.07, 6.45) is 2.59. The monoisotopic (exact) mass is 365 g/mol. The van der Waals surface area contributed by atoms with Crippen LogP contribution < -0.4 is 10.2 Å². The number of carbonyl (C=O) groups is 2. The first-order chi connectivity index (χ1) is 13.1. The lowest BCUT2D eigenvalue weighted by molar-refractivity contribution is -0.119. The van der Waals surface area contributed by atoms with Crippen molar-refractivity contribution in [2.75, 3.05) is 32.1 Å². The van der Waals surface area contributed by atoms with Gasteiger partial charge in [-0.25, -0.2) is 0 Å². The molecule has 0 saturated carbocycles. The van der Waals surface area contributed by atoms with E-state index in [4.69, 9.17) is 0 Å². The van der Waals surface area contributed by atoms with Crippen molar-refractivity contribution in [1.82, 2.24) is 10.2 Å². The highest BCUT2D eigenvalue weighted by Crippen LogP contribution is 2.21. The number of likely N-dealkylation sites (N-methyl/N-ethyl adjacent to an activating group) is 1. The fourth-order valence-corrected chi connectivity index (χ4v) is 3.44. The van der Waals surface area contributed by atoms with Crippen LogP contribution in [0.3, 0.4) is 0 Å². The Bertz CT molecular complexity index is 772. The maximum absolute atomic E-state index is 12.5. The first-order valence-electron chi connectivity index (χ1n) is 9.46. The molecule has 1 unspecified atom stereocenters. The summed E-state index contributed by atoms with van der Waals surface area (Å²) in [6, 6.07) is 17.6. The molecule has 0 bridgehead atoms. The van der Waals surface area contributed by atoms with E-state index in [1.54, 1.807) is 12.1 Å². The average Bonchev–Trinajstić information content (AvgIpc) is 2.69. The highest BCUT2D eigenvalue weighted by molar-refractivity contribution is 5.96. The molecule has 0 aliphatic carbocycles. The number of hydrogen-bond donors (Lipinski definition) is 1. The number of nitrogens with one attached hydrogen (secondary N) is 1. The molecule has 0 aromatic heterocycles. The summed E-state index contributed by atoms with van der Waals surface area (Å²) >= 11 is 0. The lowest BCUT2D eigenvalue weighted by Gasteiger charge is -2.27. The third kappa shape index (κ3) is 4.74. The Morgan fingerprint density at radius 3 is 2.41 bits per heavy atom. The van der Waals surface area contributed by atoms with Gasteiger partial charge < -0.3 is 15.1 Å². The van der Waals surface area contributed by atoms with E-state index >= 15 is 0 Å². The number of carbonyl (C=O) groups excluding carboxylic acids is 2. The lowest BCUT2D eigenvalue weighted by atomic mass is 10.1. The molecular weight excluding hydrogens is 338 g/mol. The van der Waals surface area contributed by atoms with Crippen molar-refractivity contribution in [2.45, 2.75) is 25.3 Å². The topological polar surface area (TPSA) is 52.7 Å². The molecule has 2 aromatic carbocycles. The van der Waals surface area contributed by atoms with Crippen molar-refractivity contribution in [3.8, 4) is 0 Å². The van der Waals surface area contributed by atoms with Crippen LogP contribution in [-0.2, 0) is 4.79 Å². The first-order valence-corrected chi connectivity index (χ1v) is 9.46. The van der Waals surface area contributed by atoms with Gasteiger partial charge in [0.1, 0.15) is 0 Å². The van der Waals surface area contributed by atoms with Gasteiger partial charge in [-0.15, -0.1) is 0 Å². The Labute approximate surface area is 161 Å². The predicted molar refractivity (Wildman–Crippen MR) is 108 cm³/mol. The van der Waals surface area contributed by atoms with Crippen LogP contribution in [0.4, 0.5) is 5.69 Å². The van der Waals surface area contributed by atoms with E-state index in [0.29, 0.717) is 18.5 Å². The van der Waals surface area contributed by atoms with E-state index in [-0.39, 0.29) is 17.9 Å². The highest BCUT2D eigenvalue weighted by atomic mass is 16.2. The van der Waals surface area contributed by atoms with Gasteiger partial charge in [0.05, 0.1) is 6.04 Å². The number of amides is 2. The van der Waals surface area contributed by atoms with E-state index in [0.717, 1.165) is 25.1 Å². The molecule has 0 spiro atoms. The standard InChI is InChI=1S/C22H27N3O2/c1-24(2)20(17-8-4-3-5-9-17)16-23-22(27)18-11-13-19(14-12-18)25-15-7-6-10-21(25)26/h3-5,8-9,11-14,20H,6-7,10,15-16H2,1-2H3,(H,23,27). The fourth-order valence-electron chi connectivity index (χ4n) is 3.44. The Hall–Kier alpha value is -2.66. The minimum Gasteiger partial charge on any atom is -0.350 e. The van der Waals surface area contributed by atoms with Gasteiger partial charge in [-0.1, -0.05) is 30.3 Å². The molecule has 142 valence electrons. The molecule has 27 heavy (non-hydrogen) atoms. The van der Waals surface area contributed by atoms with E-state index in [1.807, 2.05) is 49.3 Å². The van der Waals surface area contributed by atoms with Crippen LogP contribution in [0.5, 0.6) is 0 Å². The van der Waals surface area contributed by atoms with Crippen molar-refractivity contribution in [2.24, 2.45) is 0 Å². The first kappa shape index (κ1) is 19.1. The third-order valence-electron chi connectivity index (χ3n) is 5.03. The molecule has 2 amide bonds. The minimum atomic E-state index is -0.102. The summed E-state index contributed by atoms with van der Waals surface area (Å²) in [5.74, 6) is 0.0597. The van der Waals surface area contributed by atoms with Gasteiger partial charge >= 0.3 is 0 Å². The number of anilines is 1. The Balaban J connectivity index is 1.63. The highest BCUT2D eigenvalue weighted by Gasteiger charge is 2.20. The van der Waals surface area contributed by atoms with Crippen LogP contribution >= 0.6 is 0 Å². The van der Waals surface area contributed by atoms with Gasteiger partial charge in [-0.05, 0) is 56.8 Å². The van der Waals surface area contributed by atoms with Gasteiger partial charge in [0.25, 0.3) is 5.91 Å². The summed E-state index contributed by atoms with van der Waals surface area (Å²) in [5.41, 5.74) is 2.64. The summed E-state index contributed by atoms with van der Waals surface area (Å²) in [7, 11) is 4.02. The van der Waals surface area contributed by atoms with Crippen LogP contribution in [0.1, 0.15) is 41.2 Å². The third-order valence-corrected chi connectivity index (χ3v) is 5.03. The normalized spacial score (nSPS) is 15.7. The van der Waals surface area contributed by atoms with E-state index in [1.165, 1.54) is 5.56 Å². The molecule has 1 saturated heterocycles. The van der Waals surface area contributed by atoms with Crippen LogP contribution in [0, 0.1) is 0 Å². The smallest absolute Gasteiger partial charge is 0.251 e. The number of piperidine rings is 1. The fraction of sp³-hybridized carbons (Fsp3) is 0.364. The molecule has 1 aliphatic heterocycles. The molecule has 0 radical (unpaired) electrons. The lowest BCUT2D eigenvalue weighted by Crippen LogP contribution is -2.35. The molecule has 1 fully saturated rings. The molecule has 5 nitrogen and oxygen atoms in total. The maximum atomic E-state index is 12.5. The summed E-state index contributed by atoms with van der Waals surface area (Å²) in [4.78, 5) is 28.5. The summed E-state index contributed by atoms with van der Waals surface area (Å²) < 4.78 is 0. The molecule has 1 aliphatic rings. The second-order valence-corrected chi connectivity index (χ2v) is 7.15. The second kappa shape index (κ2) is 8.82. The zero-order valence-corrected chi connectivity index (χ0v) is 16.0. The Kier molecular flexibility index (Phi) is 6.24. The number of benzene rings is 2. The van der Waals surface area contributed by atoms with Crippen molar-refractivity contribution in [3.05, 3.63) is 65.7 Å². The second-order valence-electron chi connectivity index (χ2n) is 7.15. The zero-order valence-electron chi connectivity index (χ0n) is 16.0. The van der Waals surface area contributed by atoms with Crippen LogP contribution in [-0.4, -0.2) is 43.9 Å². The van der Waals surface area contributed by atoms with E-state index in [2.05, 4.69) is 22.3 Å². The number of nitrogens with zero attached hydrogens (tertiary/aromatic N) is 2. The van der Waals surface area contributed by atoms with Crippen molar-refractivity contribution in [1.29, 1.82) is 0 Å². The molecule has 2 aromatic rings. The van der Waals surface area contributed by atoms with Gasteiger partial charge in [0.15, 0.2) is 0 Å². The van der Waals surface area contributed by atoms with Crippen molar-refractivity contribution < 1.29 is 9.59 Å². The molecule has 1 N–H and O–H groups in total. The minimum absolute atomic E-state index is 0.102. The Morgan fingerprint density at radius 1 is 1.07 bits per heavy atom. The number of hydrogen-bond acceptors (Lipinski definition) is 3. The van der Waals surface area contributed by atoms with Crippen LogP contribution in [0.15, 0.2) is 54.6 Å². The van der Waals surface area contributed by atoms with Gasteiger partial charge in [-0.3, -0.25) is 9.59 Å². The molecule has 1 heterocycles. The SMILES string of the molecule is CN(C)C(CNC(=O)c1ccc(N2CCCCC2=O)cc1)c1ccccc1. The molecule has 5 heteroatoms. The Morgan fingerprint density at radius 2 is 1.78 bits per heavy atom. The maximum Gasteiger partial charge on any atom is 0.251 e. The van der Waals surface area contributed by atoms with Gasteiger partial charge in [0.2, 0.25) is 5.91 Å². The summed E-state index contributed by atoms with van der Waals surface area (Å²) in [5, 5.41) is 3.03. The van der Waals surface area contributed by atoms with E-state index < -0.39 is 0 Å². The molecule has 1 atom stereocenters. The van der Waals surface area contributed by atoms with Crippen LogP contribution in [0.25, 0.3) is 0 Å². The predicted octanol–water partition coefficient (Wildman–Crippen LogP) is 3.24. The zero-order chi connectivity index (χ0) is 19.2. The van der Waals surface area contributed by atoms with Crippen molar-refractivity contribution in [3.63, 3.8) is 0 Å². The average molecular weight is 365 g/mol. The van der Waals surface area contributed by atoms with Crippen molar-refractivity contribution >= 4 is 17.5 Å². The van der Waals surface area contributed by atoms with Gasteiger partial charge in [0, 0.05) is 30.8 Å². The van der Waals surface area contributed by atoms with E-state index in [9.17, 15) is 9.59 Å².